The van der Waals surface area contributed by atoms with E-state index in [0.717, 1.165) is 18.1 Å². The average molecular weight is 321 g/mol. The van der Waals surface area contributed by atoms with Crippen molar-refractivity contribution in [2.45, 2.75) is 45.2 Å². The number of aliphatic imine (C=N–C) groups is 1. The van der Waals surface area contributed by atoms with Gasteiger partial charge < -0.3 is 25.2 Å². The Morgan fingerprint density at radius 1 is 1.22 bits per heavy atom. The van der Waals surface area contributed by atoms with Gasteiger partial charge in [-0.05, 0) is 37.5 Å². The van der Waals surface area contributed by atoms with E-state index in [1.54, 1.807) is 12.1 Å². The summed E-state index contributed by atoms with van der Waals surface area (Å²) < 4.78 is 10.4. The topological polar surface area (TPSA) is 75.1 Å². The van der Waals surface area contributed by atoms with Crippen molar-refractivity contribution in [2.24, 2.45) is 4.99 Å². The Bertz CT molecular complexity index is 515. The van der Waals surface area contributed by atoms with Crippen LogP contribution < -0.4 is 20.1 Å². The number of benzene rings is 1. The molecule has 0 spiro atoms. The van der Waals surface area contributed by atoms with Crippen LogP contribution in [-0.4, -0.2) is 37.9 Å². The van der Waals surface area contributed by atoms with E-state index in [2.05, 4.69) is 22.5 Å². The molecule has 1 aromatic rings. The maximum absolute atomic E-state index is 9.95. The Hall–Kier alpha value is -2.11. The molecule has 0 saturated heterocycles. The Morgan fingerprint density at radius 3 is 2.35 bits per heavy atom. The molecule has 1 fully saturated rings. The van der Waals surface area contributed by atoms with Crippen molar-refractivity contribution in [3.05, 3.63) is 17.7 Å². The first-order valence-corrected chi connectivity index (χ1v) is 8.16. The van der Waals surface area contributed by atoms with E-state index in [1.165, 1.54) is 39.9 Å². The SMILES string of the molecule is CCNC(=NCc1cc(OC)c(O)c(OC)c1)NC1CCCC1. The lowest BCUT2D eigenvalue weighted by Gasteiger charge is -2.17. The molecule has 0 bridgehead atoms. The second kappa shape index (κ2) is 8.50. The summed E-state index contributed by atoms with van der Waals surface area (Å²) in [5.41, 5.74) is 0.917. The molecule has 1 aliphatic carbocycles. The molecule has 0 radical (unpaired) electrons. The van der Waals surface area contributed by atoms with E-state index in [4.69, 9.17) is 9.47 Å². The predicted octanol–water partition coefficient (Wildman–Crippen LogP) is 2.41. The van der Waals surface area contributed by atoms with Crippen molar-refractivity contribution < 1.29 is 14.6 Å². The highest BCUT2D eigenvalue weighted by Gasteiger charge is 2.16. The molecule has 3 N–H and O–H groups in total. The number of guanidine groups is 1. The molecule has 0 atom stereocenters. The zero-order valence-corrected chi connectivity index (χ0v) is 14.2. The lowest BCUT2D eigenvalue weighted by atomic mass is 10.2. The molecule has 1 aliphatic rings. The monoisotopic (exact) mass is 321 g/mol. The molecule has 1 saturated carbocycles. The first-order valence-electron chi connectivity index (χ1n) is 8.16. The van der Waals surface area contributed by atoms with Gasteiger partial charge in [0.1, 0.15) is 0 Å². The molecule has 0 heterocycles. The van der Waals surface area contributed by atoms with Gasteiger partial charge in [-0.2, -0.15) is 0 Å². The van der Waals surface area contributed by atoms with E-state index in [-0.39, 0.29) is 5.75 Å². The first-order chi connectivity index (χ1) is 11.2. The van der Waals surface area contributed by atoms with E-state index < -0.39 is 0 Å². The molecule has 6 nitrogen and oxygen atoms in total. The Labute approximate surface area is 137 Å². The lowest BCUT2D eigenvalue weighted by molar-refractivity contribution is 0.339. The van der Waals surface area contributed by atoms with E-state index in [0.29, 0.717) is 24.1 Å². The van der Waals surface area contributed by atoms with E-state index >= 15 is 0 Å². The number of nitrogens with one attached hydrogen (secondary N) is 2. The zero-order chi connectivity index (χ0) is 16.7. The number of hydrogen-bond donors (Lipinski definition) is 3. The van der Waals surface area contributed by atoms with Crippen molar-refractivity contribution in [1.82, 2.24) is 10.6 Å². The smallest absolute Gasteiger partial charge is 0.200 e. The van der Waals surface area contributed by atoms with E-state index in [9.17, 15) is 5.11 Å². The van der Waals surface area contributed by atoms with Crippen molar-refractivity contribution in [3.8, 4) is 17.2 Å². The van der Waals surface area contributed by atoms with Crippen LogP contribution >= 0.6 is 0 Å². The summed E-state index contributed by atoms with van der Waals surface area (Å²) in [6.07, 6.45) is 4.96. The molecule has 1 aromatic carbocycles. The van der Waals surface area contributed by atoms with Crippen LogP contribution in [0.2, 0.25) is 0 Å². The number of aromatic hydroxyl groups is 1. The highest BCUT2D eigenvalue weighted by atomic mass is 16.5. The van der Waals surface area contributed by atoms with Crippen LogP contribution in [0.25, 0.3) is 0 Å². The molecular formula is C17H27N3O3. The van der Waals surface area contributed by atoms with E-state index in [1.807, 2.05) is 0 Å². The summed E-state index contributed by atoms with van der Waals surface area (Å²) in [5, 5.41) is 16.7. The van der Waals surface area contributed by atoms with Crippen LogP contribution in [0.1, 0.15) is 38.2 Å². The normalized spacial score (nSPS) is 15.5. The van der Waals surface area contributed by atoms with Gasteiger partial charge in [0.05, 0.1) is 20.8 Å². The number of methoxy groups -OCH3 is 2. The quantitative estimate of drug-likeness (QED) is 0.554. The fourth-order valence-electron chi connectivity index (χ4n) is 2.79. The van der Waals surface area contributed by atoms with Crippen LogP contribution in [0.4, 0.5) is 0 Å². The third-order valence-electron chi connectivity index (χ3n) is 4.00. The standard InChI is InChI=1S/C17H27N3O3/c1-4-18-17(20-13-7-5-6-8-13)19-11-12-9-14(22-2)16(21)15(10-12)23-3/h9-10,13,21H,4-8,11H2,1-3H3,(H2,18,19,20). The van der Waals surface area contributed by atoms with Gasteiger partial charge in [0.15, 0.2) is 17.5 Å². The van der Waals surface area contributed by atoms with Crippen molar-refractivity contribution in [3.63, 3.8) is 0 Å². The lowest BCUT2D eigenvalue weighted by Crippen LogP contribution is -2.42. The number of ether oxygens (including phenoxy) is 2. The van der Waals surface area contributed by atoms with Gasteiger partial charge in [-0.15, -0.1) is 0 Å². The van der Waals surface area contributed by atoms with Gasteiger partial charge in [0.25, 0.3) is 0 Å². The average Bonchev–Trinajstić information content (AvgIpc) is 3.06. The first kappa shape index (κ1) is 17.2. The molecule has 0 aromatic heterocycles. The van der Waals surface area contributed by atoms with Crippen molar-refractivity contribution >= 4 is 5.96 Å². The van der Waals surface area contributed by atoms with Crippen LogP contribution in [0.3, 0.4) is 0 Å². The highest BCUT2D eigenvalue weighted by molar-refractivity contribution is 5.80. The van der Waals surface area contributed by atoms with Crippen molar-refractivity contribution in [1.29, 1.82) is 0 Å². The molecule has 2 rings (SSSR count). The minimum absolute atomic E-state index is 0.0127. The Balaban J connectivity index is 2.11. The number of phenols is 1. The summed E-state index contributed by atoms with van der Waals surface area (Å²) in [6, 6.07) is 4.07. The van der Waals surface area contributed by atoms with Crippen LogP contribution in [-0.2, 0) is 6.54 Å². The number of phenolic OH excluding ortho intramolecular Hbond substituents is 1. The van der Waals surface area contributed by atoms with Crippen LogP contribution in [0.5, 0.6) is 17.2 Å². The summed E-state index contributed by atoms with van der Waals surface area (Å²) in [7, 11) is 3.04. The summed E-state index contributed by atoms with van der Waals surface area (Å²) >= 11 is 0. The van der Waals surface area contributed by atoms with Crippen LogP contribution in [0.15, 0.2) is 17.1 Å². The van der Waals surface area contributed by atoms with Gasteiger partial charge in [0, 0.05) is 12.6 Å². The maximum atomic E-state index is 9.95. The minimum atomic E-state index is 0.0127. The highest BCUT2D eigenvalue weighted by Crippen LogP contribution is 2.37. The third kappa shape index (κ3) is 4.68. The second-order valence-electron chi connectivity index (χ2n) is 5.67. The summed E-state index contributed by atoms with van der Waals surface area (Å²) in [5.74, 6) is 1.62. The maximum Gasteiger partial charge on any atom is 0.200 e. The Kier molecular flexibility index (Phi) is 6.38. The zero-order valence-electron chi connectivity index (χ0n) is 14.2. The van der Waals surface area contributed by atoms with Gasteiger partial charge in [-0.3, -0.25) is 0 Å². The molecule has 6 heteroatoms. The van der Waals surface area contributed by atoms with Gasteiger partial charge in [-0.25, -0.2) is 4.99 Å². The summed E-state index contributed by atoms with van der Waals surface area (Å²) in [4.78, 5) is 4.63. The number of nitrogens with zero attached hydrogens (tertiary/aromatic N) is 1. The molecule has 0 unspecified atom stereocenters. The predicted molar refractivity (Wildman–Crippen MR) is 91.4 cm³/mol. The molecule has 0 amide bonds. The van der Waals surface area contributed by atoms with Gasteiger partial charge >= 0.3 is 0 Å². The third-order valence-corrected chi connectivity index (χ3v) is 4.00. The molecule has 0 aliphatic heterocycles. The van der Waals surface area contributed by atoms with Gasteiger partial charge in [0.2, 0.25) is 5.75 Å². The number of hydrogen-bond acceptors (Lipinski definition) is 4. The van der Waals surface area contributed by atoms with Crippen LogP contribution in [0, 0.1) is 0 Å². The fourth-order valence-corrected chi connectivity index (χ4v) is 2.79. The Morgan fingerprint density at radius 2 is 1.83 bits per heavy atom. The fraction of sp³-hybridized carbons (Fsp3) is 0.588. The largest absolute Gasteiger partial charge is 0.502 e. The molecule has 128 valence electrons. The minimum Gasteiger partial charge on any atom is -0.502 e. The molecule has 23 heavy (non-hydrogen) atoms. The number of rotatable bonds is 6. The van der Waals surface area contributed by atoms with Gasteiger partial charge in [-0.1, -0.05) is 12.8 Å². The second-order valence-corrected chi connectivity index (χ2v) is 5.67. The molecular weight excluding hydrogens is 294 g/mol. The summed E-state index contributed by atoms with van der Waals surface area (Å²) in [6.45, 7) is 3.36. The van der Waals surface area contributed by atoms with Crippen molar-refractivity contribution in [2.75, 3.05) is 20.8 Å².